The normalized spacial score (nSPS) is 35.1. The standard InChI is InChI=1S/C42H47N3S5/c1-24-45-33(23-46-24)34-4-2-31(47-34)21-44-42-18-28-13-29(19-42)40(30(14-28)20-42)39-9-8-38(50-39)37-7-6-36(49-37)35-5-3-32(48-35)22-43-41-15-25-10-26(16-41)12-27(11-25)17-41/h2-9,23,25-30,40,43-44H,10-22H2,1H3. The zero-order chi connectivity index (χ0) is 33.0. The molecule has 13 rings (SSSR count). The third-order valence-electron chi connectivity index (χ3n) is 13.8. The number of aryl methyl sites for hydroxylation is 1. The van der Waals surface area contributed by atoms with E-state index in [-0.39, 0.29) is 0 Å². The van der Waals surface area contributed by atoms with E-state index in [9.17, 15) is 0 Å². The Morgan fingerprint density at radius 1 is 0.580 bits per heavy atom. The van der Waals surface area contributed by atoms with Crippen LogP contribution >= 0.6 is 56.7 Å². The van der Waals surface area contributed by atoms with Crippen molar-refractivity contribution in [3.63, 3.8) is 0 Å². The van der Waals surface area contributed by atoms with Crippen molar-refractivity contribution in [3.05, 3.63) is 73.6 Å². The van der Waals surface area contributed by atoms with Gasteiger partial charge >= 0.3 is 0 Å². The Balaban J connectivity index is 0.743. The van der Waals surface area contributed by atoms with Crippen LogP contribution < -0.4 is 10.6 Å². The second-order valence-corrected chi connectivity index (χ2v) is 22.9. The van der Waals surface area contributed by atoms with Crippen LogP contribution in [0.5, 0.6) is 0 Å². The van der Waals surface area contributed by atoms with Gasteiger partial charge < -0.3 is 10.6 Å². The molecule has 8 aliphatic carbocycles. The zero-order valence-electron chi connectivity index (χ0n) is 28.9. The Bertz CT molecular complexity index is 1970. The number of nitrogens with one attached hydrogen (secondary N) is 2. The fourth-order valence-electron chi connectivity index (χ4n) is 12.5. The fourth-order valence-corrected chi connectivity index (χ4v) is 17.6. The van der Waals surface area contributed by atoms with Crippen molar-refractivity contribution in [2.45, 2.75) is 108 Å². The van der Waals surface area contributed by atoms with Gasteiger partial charge in [0.2, 0.25) is 0 Å². The minimum Gasteiger partial charge on any atom is -0.306 e. The molecule has 5 aromatic rings. The molecule has 8 heteroatoms. The van der Waals surface area contributed by atoms with Crippen LogP contribution in [-0.2, 0) is 13.1 Å². The minimum atomic E-state index is 0.335. The number of hydrogen-bond donors (Lipinski definition) is 2. The fraction of sp³-hybridized carbons (Fsp3) is 0.548. The summed E-state index contributed by atoms with van der Waals surface area (Å²) in [5.74, 6) is 6.32. The van der Waals surface area contributed by atoms with Crippen LogP contribution in [0.4, 0.5) is 0 Å². The maximum absolute atomic E-state index is 4.72. The monoisotopic (exact) mass is 753 g/mol. The third-order valence-corrected chi connectivity index (χ3v) is 19.5. The van der Waals surface area contributed by atoms with Gasteiger partial charge in [0.05, 0.1) is 15.6 Å². The highest BCUT2D eigenvalue weighted by Crippen LogP contribution is 2.62. The first-order valence-corrected chi connectivity index (χ1v) is 23.4. The molecule has 2 N–H and O–H groups in total. The summed E-state index contributed by atoms with van der Waals surface area (Å²) >= 11 is 9.79. The quantitative estimate of drug-likeness (QED) is 0.149. The number of nitrogens with zero attached hydrogens (tertiary/aromatic N) is 1. The summed E-state index contributed by atoms with van der Waals surface area (Å²) < 4.78 is 0. The van der Waals surface area contributed by atoms with Crippen LogP contribution in [0.15, 0.2) is 53.9 Å². The summed E-state index contributed by atoms with van der Waals surface area (Å²) in [5.41, 5.74) is 1.92. The average molecular weight is 754 g/mol. The first-order valence-electron chi connectivity index (χ1n) is 19.2. The van der Waals surface area contributed by atoms with Gasteiger partial charge in [-0.3, -0.25) is 0 Å². The number of hydrogen-bond acceptors (Lipinski definition) is 8. The number of thiophene rings is 4. The van der Waals surface area contributed by atoms with Crippen LogP contribution in [0.2, 0.25) is 0 Å². The zero-order valence-corrected chi connectivity index (χ0v) is 33.0. The molecule has 0 amide bonds. The molecule has 8 bridgehead atoms. The lowest BCUT2D eigenvalue weighted by molar-refractivity contribution is -0.0380. The first kappa shape index (κ1) is 31.8. The predicted molar refractivity (Wildman–Crippen MR) is 215 cm³/mol. The lowest BCUT2D eigenvalue weighted by Crippen LogP contribution is -2.60. The van der Waals surface area contributed by atoms with Gasteiger partial charge in [0.1, 0.15) is 0 Å². The van der Waals surface area contributed by atoms with Crippen LogP contribution in [0.1, 0.15) is 96.2 Å². The molecule has 3 nitrogen and oxygen atoms in total. The van der Waals surface area contributed by atoms with Crippen molar-refractivity contribution >= 4 is 56.7 Å². The number of aromatic nitrogens is 1. The topological polar surface area (TPSA) is 37.0 Å². The predicted octanol–water partition coefficient (Wildman–Crippen LogP) is 12.2. The Morgan fingerprint density at radius 2 is 1.08 bits per heavy atom. The Labute approximate surface area is 317 Å². The smallest absolute Gasteiger partial charge is 0.0914 e. The molecule has 2 atom stereocenters. The highest BCUT2D eigenvalue weighted by Gasteiger charge is 2.56. The maximum atomic E-state index is 4.72. The Hall–Kier alpha value is -1.65. The molecular weight excluding hydrogens is 707 g/mol. The lowest BCUT2D eigenvalue weighted by atomic mass is 9.49. The molecule has 2 unspecified atom stereocenters. The molecule has 5 aromatic heterocycles. The van der Waals surface area contributed by atoms with E-state index in [0.29, 0.717) is 11.1 Å². The number of rotatable bonds is 10. The minimum absolute atomic E-state index is 0.335. The highest BCUT2D eigenvalue weighted by molar-refractivity contribution is 7.26. The Morgan fingerprint density at radius 3 is 1.70 bits per heavy atom. The SMILES string of the molecule is Cc1nc(-c2ccc(CNC34CC5CC(C3)C(c3ccc(-c6ccc(-c7ccc(CNC89CC%10CC(CC(C%10)C8)C9)s7)s6)s3)C(C5)C4)s2)cs1. The molecule has 8 saturated carbocycles. The molecule has 0 aliphatic heterocycles. The van der Waals surface area contributed by atoms with Crippen molar-refractivity contribution in [2.75, 3.05) is 0 Å². The van der Waals surface area contributed by atoms with E-state index in [2.05, 4.69) is 82.8 Å². The van der Waals surface area contributed by atoms with E-state index in [4.69, 9.17) is 4.98 Å². The molecule has 0 spiro atoms. The van der Waals surface area contributed by atoms with Crippen LogP contribution in [0.3, 0.4) is 0 Å². The van der Waals surface area contributed by atoms with Crippen molar-refractivity contribution < 1.29 is 0 Å². The molecule has 260 valence electrons. The van der Waals surface area contributed by atoms with E-state index < -0.39 is 0 Å². The molecule has 50 heavy (non-hydrogen) atoms. The van der Waals surface area contributed by atoms with Crippen molar-refractivity contribution in [2.24, 2.45) is 35.5 Å². The van der Waals surface area contributed by atoms with E-state index in [1.165, 1.54) is 105 Å². The number of thiazole rings is 1. The summed E-state index contributed by atoms with van der Waals surface area (Å²) in [5, 5.41) is 11.6. The van der Waals surface area contributed by atoms with Gasteiger partial charge in [-0.1, -0.05) is 0 Å². The average Bonchev–Trinajstić information content (AvgIpc) is 3.93. The Kier molecular flexibility index (Phi) is 7.76. The summed E-state index contributed by atoms with van der Waals surface area (Å²) in [6.07, 6.45) is 15.8. The van der Waals surface area contributed by atoms with E-state index in [0.717, 1.165) is 65.2 Å². The van der Waals surface area contributed by atoms with E-state index in [1.807, 2.05) is 34.0 Å². The van der Waals surface area contributed by atoms with Crippen LogP contribution in [0, 0.1) is 42.4 Å². The van der Waals surface area contributed by atoms with Gasteiger partial charge in [-0.2, -0.15) is 0 Å². The maximum Gasteiger partial charge on any atom is 0.0914 e. The van der Waals surface area contributed by atoms with Crippen molar-refractivity contribution in [1.82, 2.24) is 15.6 Å². The highest BCUT2D eigenvalue weighted by atomic mass is 32.1. The molecule has 8 fully saturated rings. The van der Waals surface area contributed by atoms with Gasteiger partial charge in [-0.15, -0.1) is 56.7 Å². The van der Waals surface area contributed by atoms with Crippen LogP contribution in [-0.4, -0.2) is 16.1 Å². The van der Waals surface area contributed by atoms with Crippen molar-refractivity contribution in [3.8, 4) is 30.1 Å². The largest absolute Gasteiger partial charge is 0.306 e. The molecule has 0 aromatic carbocycles. The second-order valence-electron chi connectivity index (χ2n) is 17.3. The third kappa shape index (κ3) is 5.70. The first-order chi connectivity index (χ1) is 24.4. The molecule has 5 heterocycles. The molecular formula is C42H47N3S5. The van der Waals surface area contributed by atoms with Crippen LogP contribution in [0.25, 0.3) is 30.1 Å². The van der Waals surface area contributed by atoms with E-state index >= 15 is 0 Å². The van der Waals surface area contributed by atoms with Gasteiger partial charge in [-0.25, -0.2) is 4.98 Å². The molecule has 8 aliphatic rings. The molecule has 0 saturated heterocycles. The van der Waals surface area contributed by atoms with Gasteiger partial charge in [0.15, 0.2) is 0 Å². The summed E-state index contributed by atoms with van der Waals surface area (Å²) in [7, 11) is 0. The summed E-state index contributed by atoms with van der Waals surface area (Å²) in [6, 6.07) is 19.1. The van der Waals surface area contributed by atoms with Gasteiger partial charge in [0, 0.05) is 63.7 Å². The second kappa shape index (κ2) is 12.2. The van der Waals surface area contributed by atoms with Gasteiger partial charge in [-0.05, 0) is 168 Å². The summed E-state index contributed by atoms with van der Waals surface area (Å²) in [4.78, 5) is 16.4. The van der Waals surface area contributed by atoms with Crippen molar-refractivity contribution in [1.29, 1.82) is 0 Å². The van der Waals surface area contributed by atoms with Gasteiger partial charge in [0.25, 0.3) is 0 Å². The lowest BCUT2D eigenvalue weighted by Gasteiger charge is -2.60. The summed E-state index contributed by atoms with van der Waals surface area (Å²) in [6.45, 7) is 4.15. The molecule has 0 radical (unpaired) electrons. The van der Waals surface area contributed by atoms with E-state index in [1.54, 1.807) is 16.2 Å².